The molecule has 1 N–H and O–H groups in total. The normalized spacial score (nSPS) is 21.1. The molecule has 0 radical (unpaired) electrons. The van der Waals surface area contributed by atoms with Crippen molar-refractivity contribution in [3.05, 3.63) is 65.7 Å². The van der Waals surface area contributed by atoms with Gasteiger partial charge in [-0.1, -0.05) is 30.3 Å². The number of hydrogen-bond acceptors (Lipinski definition) is 4. The quantitative estimate of drug-likeness (QED) is 0.827. The van der Waals surface area contributed by atoms with Crippen molar-refractivity contribution in [1.82, 2.24) is 15.1 Å². The van der Waals surface area contributed by atoms with Crippen molar-refractivity contribution in [3.8, 4) is 0 Å². The van der Waals surface area contributed by atoms with Crippen LogP contribution < -0.4 is 10.2 Å². The smallest absolute Gasteiger partial charge is 0.254 e. The second-order valence-corrected chi connectivity index (χ2v) is 7.99. The van der Waals surface area contributed by atoms with Gasteiger partial charge < -0.3 is 20.0 Å². The lowest BCUT2D eigenvalue weighted by Gasteiger charge is -2.45. The molecule has 2 unspecified atom stereocenters. The molecule has 2 fully saturated rings. The van der Waals surface area contributed by atoms with E-state index in [-0.39, 0.29) is 24.3 Å². The van der Waals surface area contributed by atoms with Crippen LogP contribution in [0.3, 0.4) is 0 Å². The summed E-state index contributed by atoms with van der Waals surface area (Å²) in [6.07, 6.45) is 0.468. The Bertz CT molecular complexity index is 943. The van der Waals surface area contributed by atoms with Crippen molar-refractivity contribution in [1.29, 1.82) is 0 Å². The van der Waals surface area contributed by atoms with Crippen LogP contribution in [-0.2, 0) is 16.0 Å². The zero-order chi connectivity index (χ0) is 21.3. The first-order valence-corrected chi connectivity index (χ1v) is 10.2. The van der Waals surface area contributed by atoms with Crippen molar-refractivity contribution >= 4 is 23.4 Å². The summed E-state index contributed by atoms with van der Waals surface area (Å²) >= 11 is 0. The molecule has 3 amide bonds. The zero-order valence-electron chi connectivity index (χ0n) is 17.2. The maximum atomic E-state index is 13.0. The van der Waals surface area contributed by atoms with Gasteiger partial charge in [0.2, 0.25) is 11.8 Å². The second-order valence-electron chi connectivity index (χ2n) is 7.99. The summed E-state index contributed by atoms with van der Waals surface area (Å²) < 4.78 is 0. The number of amides is 3. The highest BCUT2D eigenvalue weighted by Crippen LogP contribution is 2.21. The van der Waals surface area contributed by atoms with Crippen LogP contribution in [0.25, 0.3) is 0 Å². The van der Waals surface area contributed by atoms with Gasteiger partial charge in [-0.3, -0.25) is 14.4 Å². The highest BCUT2D eigenvalue weighted by molar-refractivity contribution is 5.99. The first-order chi connectivity index (χ1) is 14.4. The van der Waals surface area contributed by atoms with Crippen LogP contribution in [0.15, 0.2) is 54.6 Å². The molecular formula is C23H26N4O3. The van der Waals surface area contributed by atoms with E-state index in [1.54, 1.807) is 21.9 Å². The summed E-state index contributed by atoms with van der Waals surface area (Å²) in [5.74, 6) is -0.395. The Morgan fingerprint density at radius 3 is 2.40 bits per heavy atom. The Balaban J connectivity index is 1.44. The van der Waals surface area contributed by atoms with Crippen LogP contribution in [-0.4, -0.2) is 73.3 Å². The number of nitrogens with one attached hydrogen (secondary N) is 1. The van der Waals surface area contributed by atoms with Gasteiger partial charge in [0.1, 0.15) is 12.1 Å². The molecule has 0 aromatic heterocycles. The minimum Gasteiger partial charge on any atom is -0.378 e. The summed E-state index contributed by atoms with van der Waals surface area (Å²) in [5.41, 5.74) is 2.60. The number of benzene rings is 2. The number of nitrogens with zero attached hydrogens (tertiary/aromatic N) is 3. The molecule has 0 bridgehead atoms. The Kier molecular flexibility index (Phi) is 5.44. The van der Waals surface area contributed by atoms with Gasteiger partial charge in [-0.2, -0.15) is 0 Å². The molecule has 7 heteroatoms. The van der Waals surface area contributed by atoms with Crippen LogP contribution >= 0.6 is 0 Å². The summed E-state index contributed by atoms with van der Waals surface area (Å²) in [5, 5.41) is 2.86. The van der Waals surface area contributed by atoms with E-state index in [0.717, 1.165) is 11.3 Å². The Labute approximate surface area is 176 Å². The zero-order valence-corrected chi connectivity index (χ0v) is 17.2. The molecule has 2 heterocycles. The summed E-state index contributed by atoms with van der Waals surface area (Å²) in [7, 11) is 3.89. The predicted molar refractivity (Wildman–Crippen MR) is 114 cm³/mol. The lowest BCUT2D eigenvalue weighted by atomic mass is 9.98. The molecule has 156 valence electrons. The maximum Gasteiger partial charge on any atom is 0.254 e. The molecule has 2 aliphatic heterocycles. The molecule has 0 aliphatic carbocycles. The predicted octanol–water partition coefficient (Wildman–Crippen LogP) is 1.15. The third kappa shape index (κ3) is 3.87. The third-order valence-corrected chi connectivity index (χ3v) is 5.78. The van der Waals surface area contributed by atoms with Gasteiger partial charge in [0.15, 0.2) is 0 Å². The van der Waals surface area contributed by atoms with Crippen molar-refractivity contribution < 1.29 is 14.4 Å². The number of carbonyl (C=O) groups is 3. The fourth-order valence-corrected chi connectivity index (χ4v) is 4.06. The largest absolute Gasteiger partial charge is 0.378 e. The molecule has 2 aliphatic rings. The van der Waals surface area contributed by atoms with Crippen LogP contribution in [0.5, 0.6) is 0 Å². The topological polar surface area (TPSA) is 73.0 Å². The first-order valence-electron chi connectivity index (χ1n) is 10.2. The van der Waals surface area contributed by atoms with Gasteiger partial charge in [-0.05, 0) is 29.8 Å². The van der Waals surface area contributed by atoms with Gasteiger partial charge in [-0.15, -0.1) is 0 Å². The SMILES string of the molecule is CN(C)c1ccc(C(=O)N2CCN3C(=O)C(Cc4ccccc4)NC(=O)C3C2)cc1. The Morgan fingerprint density at radius 1 is 1.03 bits per heavy atom. The fourth-order valence-electron chi connectivity index (χ4n) is 4.06. The van der Waals surface area contributed by atoms with E-state index in [0.29, 0.717) is 25.1 Å². The fraction of sp³-hybridized carbons (Fsp3) is 0.348. The van der Waals surface area contributed by atoms with E-state index < -0.39 is 12.1 Å². The van der Waals surface area contributed by atoms with E-state index in [2.05, 4.69) is 5.32 Å². The lowest BCUT2D eigenvalue weighted by molar-refractivity contribution is -0.152. The van der Waals surface area contributed by atoms with Gasteiger partial charge in [0.25, 0.3) is 5.91 Å². The Hall–Kier alpha value is -3.35. The average Bonchev–Trinajstić information content (AvgIpc) is 2.77. The summed E-state index contributed by atoms with van der Waals surface area (Å²) in [6, 6.07) is 15.9. The Morgan fingerprint density at radius 2 is 1.73 bits per heavy atom. The minimum absolute atomic E-state index is 0.0779. The van der Waals surface area contributed by atoms with Gasteiger partial charge in [-0.25, -0.2) is 0 Å². The first kappa shape index (κ1) is 19.9. The molecule has 4 rings (SSSR count). The highest BCUT2D eigenvalue weighted by Gasteiger charge is 2.44. The summed E-state index contributed by atoms with van der Waals surface area (Å²) in [6.45, 7) is 0.996. The van der Waals surface area contributed by atoms with Gasteiger partial charge in [0, 0.05) is 44.9 Å². The van der Waals surface area contributed by atoms with Crippen molar-refractivity contribution in [3.63, 3.8) is 0 Å². The number of carbonyl (C=O) groups excluding carboxylic acids is 3. The molecular weight excluding hydrogens is 380 g/mol. The van der Waals surface area contributed by atoms with E-state index in [1.165, 1.54) is 0 Å². The number of piperazine rings is 2. The average molecular weight is 406 g/mol. The van der Waals surface area contributed by atoms with E-state index in [9.17, 15) is 14.4 Å². The molecule has 0 saturated carbocycles. The molecule has 7 nitrogen and oxygen atoms in total. The van der Waals surface area contributed by atoms with Crippen LogP contribution in [0.1, 0.15) is 15.9 Å². The molecule has 2 atom stereocenters. The van der Waals surface area contributed by atoms with Crippen molar-refractivity contribution in [2.45, 2.75) is 18.5 Å². The molecule has 2 aromatic rings. The van der Waals surface area contributed by atoms with Crippen LogP contribution in [0, 0.1) is 0 Å². The van der Waals surface area contributed by atoms with Gasteiger partial charge >= 0.3 is 0 Å². The highest BCUT2D eigenvalue weighted by atomic mass is 16.2. The molecule has 30 heavy (non-hydrogen) atoms. The number of rotatable bonds is 4. The minimum atomic E-state index is -0.636. The molecule has 2 aromatic carbocycles. The van der Waals surface area contributed by atoms with Crippen LogP contribution in [0.4, 0.5) is 5.69 Å². The number of hydrogen-bond donors (Lipinski definition) is 1. The van der Waals surface area contributed by atoms with Crippen molar-refractivity contribution in [2.24, 2.45) is 0 Å². The second kappa shape index (κ2) is 8.18. The summed E-state index contributed by atoms with van der Waals surface area (Å²) in [4.78, 5) is 43.9. The molecule has 2 saturated heterocycles. The van der Waals surface area contributed by atoms with E-state index in [1.807, 2.05) is 61.5 Å². The monoisotopic (exact) mass is 406 g/mol. The lowest BCUT2D eigenvalue weighted by Crippen LogP contribution is -2.70. The standard InChI is InChI=1S/C23H26N4O3/c1-25(2)18-10-8-17(9-11-18)22(29)26-12-13-27-20(15-26)21(28)24-19(23(27)30)14-16-6-4-3-5-7-16/h3-11,19-20H,12-15H2,1-2H3,(H,24,28). The van der Waals surface area contributed by atoms with E-state index in [4.69, 9.17) is 0 Å². The van der Waals surface area contributed by atoms with Gasteiger partial charge in [0.05, 0.1) is 6.54 Å². The van der Waals surface area contributed by atoms with Crippen LogP contribution in [0.2, 0.25) is 0 Å². The maximum absolute atomic E-state index is 13.0. The van der Waals surface area contributed by atoms with Crippen molar-refractivity contribution in [2.75, 3.05) is 38.6 Å². The third-order valence-electron chi connectivity index (χ3n) is 5.78. The number of anilines is 1. The molecule has 0 spiro atoms. The number of fused-ring (bicyclic) bond motifs is 1. The van der Waals surface area contributed by atoms with E-state index >= 15 is 0 Å².